The fourth-order valence-electron chi connectivity index (χ4n) is 3.19. The first-order valence-electron chi connectivity index (χ1n) is 8.78. The van der Waals surface area contributed by atoms with Crippen molar-refractivity contribution in [3.63, 3.8) is 0 Å². The Morgan fingerprint density at radius 3 is 2.28 bits per heavy atom. The van der Waals surface area contributed by atoms with Gasteiger partial charge in [-0.15, -0.1) is 0 Å². The van der Waals surface area contributed by atoms with Crippen LogP contribution in [0.15, 0.2) is 23.2 Å². The van der Waals surface area contributed by atoms with E-state index in [1.807, 2.05) is 6.07 Å². The highest BCUT2D eigenvalue weighted by Gasteiger charge is 2.42. The first-order valence-corrected chi connectivity index (χ1v) is 10.7. The van der Waals surface area contributed by atoms with Gasteiger partial charge in [-0.25, -0.2) is 8.42 Å². The van der Waals surface area contributed by atoms with Gasteiger partial charge in [0, 0.05) is 25.2 Å². The number of rotatable bonds is 6. The minimum Gasteiger partial charge on any atom is -0.381 e. The van der Waals surface area contributed by atoms with Crippen LogP contribution in [-0.2, 0) is 27.4 Å². The summed E-state index contributed by atoms with van der Waals surface area (Å²) < 4.78 is 29.0. The molecule has 1 fully saturated rings. The maximum atomic E-state index is 12.3. The Hall–Kier alpha value is -1.60. The fraction of sp³-hybridized carbons (Fsp3) is 0.611. The van der Waals surface area contributed by atoms with Crippen LogP contribution in [0.25, 0.3) is 0 Å². The lowest BCUT2D eigenvalue weighted by molar-refractivity contribution is 0.0768. The molecule has 0 radical (unpaired) electrons. The second-order valence-electron chi connectivity index (χ2n) is 6.55. The quantitative estimate of drug-likeness (QED) is 0.593. The highest BCUT2D eigenvalue weighted by Crippen LogP contribution is 2.30. The Kier molecular flexibility index (Phi) is 6.46. The van der Waals surface area contributed by atoms with Crippen LogP contribution < -0.4 is 11.1 Å². The van der Waals surface area contributed by atoms with Gasteiger partial charge in [-0.3, -0.25) is 4.99 Å². The van der Waals surface area contributed by atoms with Crippen molar-refractivity contribution in [2.75, 3.05) is 31.3 Å². The minimum absolute atomic E-state index is 0.157. The molecule has 1 aromatic carbocycles. The predicted molar refractivity (Wildman–Crippen MR) is 103 cm³/mol. The summed E-state index contributed by atoms with van der Waals surface area (Å²) in [6.45, 7) is 5.22. The number of nitrogens with two attached hydrogens (primary N) is 1. The van der Waals surface area contributed by atoms with E-state index in [2.05, 4.69) is 36.3 Å². The number of anilines is 1. The molecule has 0 bridgehead atoms. The van der Waals surface area contributed by atoms with Crippen LogP contribution in [0.5, 0.6) is 0 Å². The molecule has 25 heavy (non-hydrogen) atoms. The Morgan fingerprint density at radius 1 is 1.24 bits per heavy atom. The van der Waals surface area contributed by atoms with E-state index in [1.54, 1.807) is 0 Å². The monoisotopic (exact) mass is 367 g/mol. The molecule has 2 rings (SSSR count). The maximum Gasteiger partial charge on any atom is 0.193 e. The van der Waals surface area contributed by atoms with Gasteiger partial charge in [0.1, 0.15) is 0 Å². The van der Waals surface area contributed by atoms with Gasteiger partial charge in [-0.05, 0) is 36.8 Å². The molecule has 3 N–H and O–H groups in total. The molecular formula is C18H29N3O3S. The second kappa shape index (κ2) is 8.19. The molecule has 0 aliphatic carbocycles. The molecule has 7 heteroatoms. The van der Waals surface area contributed by atoms with Crippen LogP contribution in [0.4, 0.5) is 5.69 Å². The third-order valence-electron chi connectivity index (χ3n) is 4.98. The van der Waals surface area contributed by atoms with E-state index in [0.717, 1.165) is 18.5 Å². The van der Waals surface area contributed by atoms with Crippen molar-refractivity contribution in [2.24, 2.45) is 10.7 Å². The van der Waals surface area contributed by atoms with Crippen molar-refractivity contribution in [1.29, 1.82) is 0 Å². The third kappa shape index (κ3) is 4.52. The molecule has 0 saturated carbocycles. The Bertz CT molecular complexity index is 701. The highest BCUT2D eigenvalue weighted by atomic mass is 32.2. The predicted octanol–water partition coefficient (Wildman–Crippen LogP) is 2.13. The summed E-state index contributed by atoms with van der Waals surface area (Å²) in [7, 11) is -3.25. The second-order valence-corrected chi connectivity index (χ2v) is 8.96. The normalized spacial score (nSPS) is 18.1. The van der Waals surface area contributed by atoms with E-state index >= 15 is 0 Å². The summed E-state index contributed by atoms with van der Waals surface area (Å²) in [6.07, 6.45) is 3.95. The number of ether oxygens (including phenoxy) is 1. The molecule has 140 valence electrons. The summed E-state index contributed by atoms with van der Waals surface area (Å²) in [6, 6.07) is 6.16. The zero-order chi connectivity index (χ0) is 18.5. The van der Waals surface area contributed by atoms with Gasteiger partial charge in [0.25, 0.3) is 0 Å². The standard InChI is InChI=1S/C18H29N3O3S/c1-4-14-7-6-8-15(5-2)16(14)21-17(19)20-13-18(25(3,22)23)9-11-24-12-10-18/h6-8H,4-5,9-13H2,1-3H3,(H3,19,20,21). The summed E-state index contributed by atoms with van der Waals surface area (Å²) in [4.78, 5) is 4.38. The van der Waals surface area contributed by atoms with Crippen molar-refractivity contribution < 1.29 is 13.2 Å². The molecule has 1 aliphatic rings. The molecule has 0 atom stereocenters. The molecular weight excluding hydrogens is 338 g/mol. The van der Waals surface area contributed by atoms with Crippen molar-refractivity contribution in [3.05, 3.63) is 29.3 Å². The smallest absolute Gasteiger partial charge is 0.193 e. The number of hydrogen-bond donors (Lipinski definition) is 2. The van der Waals surface area contributed by atoms with Gasteiger partial charge in [0.15, 0.2) is 15.8 Å². The highest BCUT2D eigenvalue weighted by molar-refractivity contribution is 7.92. The lowest BCUT2D eigenvalue weighted by Gasteiger charge is -2.34. The molecule has 1 heterocycles. The van der Waals surface area contributed by atoms with E-state index in [9.17, 15) is 8.42 Å². The van der Waals surface area contributed by atoms with Crippen LogP contribution in [0.3, 0.4) is 0 Å². The molecule has 1 aliphatic heterocycles. The summed E-state index contributed by atoms with van der Waals surface area (Å²) in [5.74, 6) is 0.255. The van der Waals surface area contributed by atoms with Crippen LogP contribution >= 0.6 is 0 Å². The van der Waals surface area contributed by atoms with E-state index in [-0.39, 0.29) is 12.5 Å². The first kappa shape index (κ1) is 19.7. The molecule has 0 unspecified atom stereocenters. The number of guanidine groups is 1. The van der Waals surface area contributed by atoms with Crippen LogP contribution in [0.2, 0.25) is 0 Å². The van der Waals surface area contributed by atoms with Crippen molar-refractivity contribution in [2.45, 2.75) is 44.3 Å². The number of nitrogens with zero attached hydrogens (tertiary/aromatic N) is 1. The zero-order valence-corrected chi connectivity index (χ0v) is 16.2. The number of hydrogen-bond acceptors (Lipinski definition) is 4. The maximum absolute atomic E-state index is 12.3. The Labute approximate surface area is 150 Å². The van der Waals surface area contributed by atoms with Crippen molar-refractivity contribution in [1.82, 2.24) is 0 Å². The summed E-state index contributed by atoms with van der Waals surface area (Å²) >= 11 is 0. The largest absolute Gasteiger partial charge is 0.381 e. The van der Waals surface area contributed by atoms with Crippen LogP contribution in [0.1, 0.15) is 37.8 Å². The molecule has 0 amide bonds. The Morgan fingerprint density at radius 2 is 1.80 bits per heavy atom. The van der Waals surface area contributed by atoms with Crippen molar-refractivity contribution >= 4 is 21.5 Å². The average molecular weight is 368 g/mol. The topological polar surface area (TPSA) is 93.8 Å². The number of aliphatic imine (C=N–C) groups is 1. The van der Waals surface area contributed by atoms with Gasteiger partial charge in [-0.2, -0.15) is 0 Å². The van der Waals surface area contributed by atoms with E-state index in [0.29, 0.717) is 26.1 Å². The molecule has 0 spiro atoms. The first-order chi connectivity index (χ1) is 11.8. The lowest BCUT2D eigenvalue weighted by Crippen LogP contribution is -2.46. The molecule has 1 saturated heterocycles. The number of sulfone groups is 1. The molecule has 6 nitrogen and oxygen atoms in total. The third-order valence-corrected chi connectivity index (χ3v) is 7.09. The van der Waals surface area contributed by atoms with Gasteiger partial charge in [-0.1, -0.05) is 32.0 Å². The summed E-state index contributed by atoms with van der Waals surface area (Å²) in [5.41, 5.74) is 9.40. The van der Waals surface area contributed by atoms with Crippen LogP contribution in [0, 0.1) is 0 Å². The fourth-order valence-corrected chi connectivity index (χ4v) is 4.40. The van der Waals surface area contributed by atoms with Gasteiger partial charge < -0.3 is 15.8 Å². The van der Waals surface area contributed by atoms with Crippen LogP contribution in [-0.4, -0.2) is 45.1 Å². The zero-order valence-electron chi connectivity index (χ0n) is 15.3. The van der Waals surface area contributed by atoms with E-state index in [1.165, 1.54) is 17.4 Å². The SMILES string of the molecule is CCc1cccc(CC)c1NC(N)=NCC1(S(C)(=O)=O)CCOCC1. The number of para-hydroxylation sites is 1. The number of benzene rings is 1. The van der Waals surface area contributed by atoms with Crippen molar-refractivity contribution in [3.8, 4) is 0 Å². The summed E-state index contributed by atoms with van der Waals surface area (Å²) in [5, 5.41) is 3.19. The lowest BCUT2D eigenvalue weighted by atomic mass is 9.99. The van der Waals surface area contributed by atoms with Gasteiger partial charge >= 0.3 is 0 Å². The van der Waals surface area contributed by atoms with Gasteiger partial charge in [0.2, 0.25) is 0 Å². The van der Waals surface area contributed by atoms with E-state index < -0.39 is 14.6 Å². The molecule has 0 aromatic heterocycles. The number of aryl methyl sites for hydroxylation is 2. The molecule has 1 aromatic rings. The number of nitrogens with one attached hydrogen (secondary N) is 1. The Balaban J connectivity index is 2.22. The van der Waals surface area contributed by atoms with E-state index in [4.69, 9.17) is 10.5 Å². The van der Waals surface area contributed by atoms with Gasteiger partial charge in [0.05, 0.1) is 11.3 Å². The average Bonchev–Trinajstić information content (AvgIpc) is 2.60. The minimum atomic E-state index is -3.25.